The molecule has 2 aromatic carbocycles. The van der Waals surface area contributed by atoms with E-state index >= 15 is 0 Å². The van der Waals surface area contributed by atoms with Crippen LogP contribution in [0.4, 0.5) is 0 Å². The van der Waals surface area contributed by atoms with E-state index in [-0.39, 0.29) is 5.91 Å². The lowest BCUT2D eigenvalue weighted by molar-refractivity contribution is -0.140. The fourth-order valence-electron chi connectivity index (χ4n) is 2.95. The molecule has 1 amide bonds. The Bertz CT molecular complexity index is 770. The third-order valence-electron chi connectivity index (χ3n) is 4.40. The zero-order chi connectivity index (χ0) is 17.8. The summed E-state index contributed by atoms with van der Waals surface area (Å²) in [5.41, 5.74) is 2.81. The summed E-state index contributed by atoms with van der Waals surface area (Å²) >= 11 is 0. The normalized spacial score (nSPS) is 14.4. The summed E-state index contributed by atoms with van der Waals surface area (Å²) in [5, 5.41) is 0. The standard InChI is InChI=1S/C20H21NO4/c1-14(25-20(23)16-7-9-18(24-2)10-8-16)19(22)21-12-11-15-5-3-4-6-17(15)13-21/h3-10,14H,11-13H2,1-2H3/t14-/m0/s1. The first-order chi connectivity index (χ1) is 12.1. The van der Waals surface area contributed by atoms with Gasteiger partial charge in [0, 0.05) is 13.1 Å². The highest BCUT2D eigenvalue weighted by Crippen LogP contribution is 2.20. The van der Waals surface area contributed by atoms with Crippen LogP contribution < -0.4 is 4.74 Å². The van der Waals surface area contributed by atoms with Crippen LogP contribution in [0, 0.1) is 0 Å². The molecule has 0 N–H and O–H groups in total. The maximum absolute atomic E-state index is 12.6. The van der Waals surface area contributed by atoms with Gasteiger partial charge in [-0.1, -0.05) is 24.3 Å². The Labute approximate surface area is 147 Å². The molecule has 3 rings (SSSR count). The van der Waals surface area contributed by atoms with Gasteiger partial charge in [0.15, 0.2) is 6.10 Å². The number of esters is 1. The molecule has 1 atom stereocenters. The average Bonchev–Trinajstić information content (AvgIpc) is 2.67. The second-order valence-electron chi connectivity index (χ2n) is 6.05. The zero-order valence-corrected chi connectivity index (χ0v) is 14.4. The van der Waals surface area contributed by atoms with Gasteiger partial charge in [0.2, 0.25) is 0 Å². The molecular formula is C20H21NO4. The van der Waals surface area contributed by atoms with Gasteiger partial charge in [0.1, 0.15) is 5.75 Å². The Morgan fingerprint density at radius 1 is 1.04 bits per heavy atom. The van der Waals surface area contributed by atoms with Crippen molar-refractivity contribution in [3.63, 3.8) is 0 Å². The number of benzene rings is 2. The molecule has 5 heteroatoms. The fourth-order valence-corrected chi connectivity index (χ4v) is 2.95. The molecule has 5 nitrogen and oxygen atoms in total. The molecule has 2 aromatic rings. The van der Waals surface area contributed by atoms with E-state index in [0.717, 1.165) is 12.0 Å². The third-order valence-corrected chi connectivity index (χ3v) is 4.40. The van der Waals surface area contributed by atoms with E-state index in [4.69, 9.17) is 9.47 Å². The molecule has 0 saturated carbocycles. The minimum atomic E-state index is -0.820. The highest BCUT2D eigenvalue weighted by molar-refractivity contribution is 5.92. The van der Waals surface area contributed by atoms with Crippen molar-refractivity contribution in [2.45, 2.75) is 26.0 Å². The summed E-state index contributed by atoms with van der Waals surface area (Å²) in [6.07, 6.45) is 0.000925. The minimum absolute atomic E-state index is 0.170. The molecule has 0 fully saturated rings. The number of nitrogens with zero attached hydrogens (tertiary/aromatic N) is 1. The van der Waals surface area contributed by atoms with Crippen LogP contribution in [0.2, 0.25) is 0 Å². The van der Waals surface area contributed by atoms with Crippen molar-refractivity contribution >= 4 is 11.9 Å². The van der Waals surface area contributed by atoms with Gasteiger partial charge in [0.05, 0.1) is 12.7 Å². The average molecular weight is 339 g/mol. The summed E-state index contributed by atoms with van der Waals surface area (Å²) in [6.45, 7) is 2.81. The lowest BCUT2D eigenvalue weighted by Crippen LogP contribution is -2.42. The number of fused-ring (bicyclic) bond motifs is 1. The number of rotatable bonds is 4. The first-order valence-electron chi connectivity index (χ1n) is 8.29. The maximum Gasteiger partial charge on any atom is 0.338 e. The van der Waals surface area contributed by atoms with Crippen LogP contribution in [-0.2, 0) is 22.5 Å². The molecular weight excluding hydrogens is 318 g/mol. The SMILES string of the molecule is COc1ccc(C(=O)O[C@@H](C)C(=O)N2CCc3ccccc3C2)cc1. The van der Waals surface area contributed by atoms with Gasteiger partial charge in [-0.05, 0) is 48.7 Å². The summed E-state index contributed by atoms with van der Waals surface area (Å²) in [6, 6.07) is 14.7. The van der Waals surface area contributed by atoms with Crippen LogP contribution in [0.1, 0.15) is 28.4 Å². The fraction of sp³-hybridized carbons (Fsp3) is 0.300. The smallest absolute Gasteiger partial charge is 0.338 e. The maximum atomic E-state index is 12.6. The van der Waals surface area contributed by atoms with Crippen LogP contribution in [0.5, 0.6) is 5.75 Å². The Morgan fingerprint density at radius 2 is 1.72 bits per heavy atom. The Morgan fingerprint density at radius 3 is 2.40 bits per heavy atom. The lowest BCUT2D eigenvalue weighted by Gasteiger charge is -2.30. The van der Waals surface area contributed by atoms with Crippen LogP contribution in [0.3, 0.4) is 0 Å². The predicted octanol–water partition coefficient (Wildman–Crippen LogP) is 2.83. The topological polar surface area (TPSA) is 55.8 Å². The Balaban J connectivity index is 1.61. The van der Waals surface area contributed by atoms with Crippen molar-refractivity contribution in [1.82, 2.24) is 4.90 Å². The Kier molecular flexibility index (Phi) is 5.03. The van der Waals surface area contributed by atoms with Crippen molar-refractivity contribution in [1.29, 1.82) is 0 Å². The number of amides is 1. The number of hydrogen-bond donors (Lipinski definition) is 0. The first kappa shape index (κ1) is 17.0. The molecule has 0 unspecified atom stereocenters. The zero-order valence-electron chi connectivity index (χ0n) is 14.4. The molecule has 1 aliphatic rings. The van der Waals surface area contributed by atoms with E-state index in [1.165, 1.54) is 5.56 Å². The van der Waals surface area contributed by atoms with Crippen molar-refractivity contribution < 1.29 is 19.1 Å². The lowest BCUT2D eigenvalue weighted by atomic mass is 9.99. The summed E-state index contributed by atoms with van der Waals surface area (Å²) in [4.78, 5) is 26.6. The van der Waals surface area contributed by atoms with Crippen LogP contribution >= 0.6 is 0 Å². The van der Waals surface area contributed by atoms with E-state index in [1.807, 2.05) is 18.2 Å². The first-order valence-corrected chi connectivity index (χ1v) is 8.29. The number of methoxy groups -OCH3 is 1. The van der Waals surface area contributed by atoms with Crippen molar-refractivity contribution in [2.24, 2.45) is 0 Å². The molecule has 0 aliphatic carbocycles. The van der Waals surface area contributed by atoms with Crippen molar-refractivity contribution in [3.8, 4) is 5.75 Å². The molecule has 25 heavy (non-hydrogen) atoms. The largest absolute Gasteiger partial charge is 0.497 e. The van der Waals surface area contributed by atoms with Gasteiger partial charge in [-0.25, -0.2) is 4.79 Å². The van der Waals surface area contributed by atoms with Crippen LogP contribution in [0.25, 0.3) is 0 Å². The summed E-state index contributed by atoms with van der Waals surface area (Å²) < 4.78 is 10.4. The molecule has 0 aromatic heterocycles. The van der Waals surface area contributed by atoms with Crippen molar-refractivity contribution in [3.05, 3.63) is 65.2 Å². The van der Waals surface area contributed by atoms with Gasteiger partial charge in [0.25, 0.3) is 5.91 Å². The van der Waals surface area contributed by atoms with Crippen molar-refractivity contribution in [2.75, 3.05) is 13.7 Å². The third kappa shape index (κ3) is 3.82. The van der Waals surface area contributed by atoms with Gasteiger partial charge < -0.3 is 14.4 Å². The second-order valence-corrected chi connectivity index (χ2v) is 6.05. The molecule has 0 saturated heterocycles. The number of carbonyl (C=O) groups is 2. The molecule has 1 heterocycles. The van der Waals surface area contributed by atoms with Crippen LogP contribution in [-0.4, -0.2) is 36.5 Å². The van der Waals surface area contributed by atoms with E-state index in [2.05, 4.69) is 6.07 Å². The number of carbonyl (C=O) groups excluding carboxylic acids is 2. The summed E-state index contributed by atoms with van der Waals surface area (Å²) in [5.74, 6) is -0.0232. The predicted molar refractivity (Wildman–Crippen MR) is 93.4 cm³/mol. The van der Waals surface area contributed by atoms with Gasteiger partial charge in [-0.15, -0.1) is 0 Å². The van der Waals surface area contributed by atoms with E-state index in [9.17, 15) is 9.59 Å². The highest BCUT2D eigenvalue weighted by atomic mass is 16.5. The molecule has 0 spiro atoms. The van der Waals surface area contributed by atoms with E-state index < -0.39 is 12.1 Å². The van der Waals surface area contributed by atoms with Gasteiger partial charge in [-0.2, -0.15) is 0 Å². The van der Waals surface area contributed by atoms with Gasteiger partial charge >= 0.3 is 5.97 Å². The molecule has 1 aliphatic heterocycles. The monoisotopic (exact) mass is 339 g/mol. The highest BCUT2D eigenvalue weighted by Gasteiger charge is 2.27. The molecule has 130 valence electrons. The van der Waals surface area contributed by atoms with E-state index in [1.54, 1.807) is 43.2 Å². The van der Waals surface area contributed by atoms with Gasteiger partial charge in [-0.3, -0.25) is 4.79 Å². The number of ether oxygens (including phenoxy) is 2. The Hall–Kier alpha value is -2.82. The molecule has 0 bridgehead atoms. The molecule has 0 radical (unpaired) electrons. The minimum Gasteiger partial charge on any atom is -0.497 e. The quantitative estimate of drug-likeness (QED) is 0.804. The van der Waals surface area contributed by atoms with E-state index in [0.29, 0.717) is 24.4 Å². The summed E-state index contributed by atoms with van der Waals surface area (Å²) in [7, 11) is 1.56. The second kappa shape index (κ2) is 7.38. The van der Waals surface area contributed by atoms with Crippen LogP contribution in [0.15, 0.2) is 48.5 Å². The number of hydrogen-bond acceptors (Lipinski definition) is 4.